The van der Waals surface area contributed by atoms with Crippen molar-refractivity contribution in [3.8, 4) is 11.8 Å². The van der Waals surface area contributed by atoms with Gasteiger partial charge in [0.1, 0.15) is 17.4 Å². The van der Waals surface area contributed by atoms with Crippen LogP contribution in [0.2, 0.25) is 0 Å². The van der Waals surface area contributed by atoms with Crippen molar-refractivity contribution < 1.29 is 14.3 Å². The van der Waals surface area contributed by atoms with Crippen LogP contribution in [0.5, 0.6) is 5.75 Å². The maximum Gasteiger partial charge on any atom is 0.271 e. The maximum atomic E-state index is 12.9. The van der Waals surface area contributed by atoms with Gasteiger partial charge in [-0.3, -0.25) is 14.5 Å². The Bertz CT molecular complexity index is 798. The van der Waals surface area contributed by atoms with Crippen molar-refractivity contribution in [1.29, 1.82) is 5.26 Å². The summed E-state index contributed by atoms with van der Waals surface area (Å²) in [5.41, 5.74) is 1.69. The molecular formula is C22H26N2O3. The highest BCUT2D eigenvalue weighted by atomic mass is 16.5. The molecule has 0 atom stereocenters. The Morgan fingerprint density at radius 2 is 1.78 bits per heavy atom. The standard InChI is InChI=1S/C22H26N2O3/c1-4-6-7-8-13-24-21(25)19(16(3)20(15-23)22(24)26)14-17-9-11-18(12-10-17)27-5-2/h9-12,14H,4-8,13H2,1-3H3/b19-14+. The van der Waals surface area contributed by atoms with E-state index in [9.17, 15) is 14.9 Å². The van der Waals surface area contributed by atoms with E-state index < -0.39 is 5.91 Å². The van der Waals surface area contributed by atoms with E-state index in [4.69, 9.17) is 4.74 Å². The lowest BCUT2D eigenvalue weighted by Crippen LogP contribution is -2.43. The molecule has 5 nitrogen and oxygen atoms in total. The molecule has 0 fully saturated rings. The number of amides is 2. The van der Waals surface area contributed by atoms with Crippen molar-refractivity contribution in [3.05, 3.63) is 46.5 Å². The average molecular weight is 366 g/mol. The van der Waals surface area contributed by atoms with Crippen molar-refractivity contribution in [2.75, 3.05) is 13.2 Å². The fourth-order valence-corrected chi connectivity index (χ4v) is 3.02. The second kappa shape index (κ2) is 9.72. The molecule has 2 rings (SSSR count). The predicted molar refractivity (Wildman–Crippen MR) is 105 cm³/mol. The fourth-order valence-electron chi connectivity index (χ4n) is 3.02. The molecule has 0 aliphatic carbocycles. The van der Waals surface area contributed by atoms with Crippen LogP contribution < -0.4 is 4.74 Å². The molecule has 0 saturated heterocycles. The van der Waals surface area contributed by atoms with Crippen LogP contribution in [0, 0.1) is 11.3 Å². The van der Waals surface area contributed by atoms with Crippen molar-refractivity contribution in [3.63, 3.8) is 0 Å². The van der Waals surface area contributed by atoms with Gasteiger partial charge in [0, 0.05) is 12.1 Å². The molecule has 0 unspecified atom stereocenters. The van der Waals surface area contributed by atoms with E-state index in [2.05, 4.69) is 6.92 Å². The molecule has 1 aromatic rings. The molecule has 0 bridgehead atoms. The lowest BCUT2D eigenvalue weighted by molar-refractivity contribution is -0.140. The van der Waals surface area contributed by atoms with Gasteiger partial charge in [-0.05, 0) is 49.6 Å². The second-order valence-corrected chi connectivity index (χ2v) is 6.49. The number of hydrogen-bond donors (Lipinski definition) is 0. The molecule has 0 radical (unpaired) electrons. The third-order valence-corrected chi connectivity index (χ3v) is 4.56. The van der Waals surface area contributed by atoms with E-state index in [1.807, 2.05) is 37.3 Å². The summed E-state index contributed by atoms with van der Waals surface area (Å²) in [6, 6.07) is 9.35. The molecule has 1 aliphatic heterocycles. The number of rotatable bonds is 8. The van der Waals surface area contributed by atoms with E-state index in [-0.39, 0.29) is 11.5 Å². The molecule has 142 valence electrons. The number of imide groups is 1. The molecule has 0 spiro atoms. The normalized spacial score (nSPS) is 16.1. The zero-order valence-electron chi connectivity index (χ0n) is 16.2. The van der Waals surface area contributed by atoms with Crippen LogP contribution in [0.4, 0.5) is 0 Å². The Morgan fingerprint density at radius 3 is 2.37 bits per heavy atom. The number of nitrogens with zero attached hydrogens (tertiary/aromatic N) is 2. The predicted octanol–water partition coefficient (Wildman–Crippen LogP) is 4.26. The molecule has 0 N–H and O–H groups in total. The lowest BCUT2D eigenvalue weighted by atomic mass is 9.93. The minimum absolute atomic E-state index is 0.0438. The summed E-state index contributed by atoms with van der Waals surface area (Å²) in [6.07, 6.45) is 5.57. The highest BCUT2D eigenvalue weighted by Gasteiger charge is 2.34. The SMILES string of the molecule is CCCCCCN1C(=O)C(C#N)=C(C)/C(=C\c2ccc(OCC)cc2)C1=O. The largest absolute Gasteiger partial charge is 0.494 e. The zero-order chi connectivity index (χ0) is 19.8. The van der Waals surface area contributed by atoms with Crippen LogP contribution in [0.3, 0.4) is 0 Å². The Morgan fingerprint density at radius 1 is 1.07 bits per heavy atom. The highest BCUT2D eigenvalue weighted by Crippen LogP contribution is 2.27. The van der Waals surface area contributed by atoms with Crippen LogP contribution in [0.15, 0.2) is 41.0 Å². The van der Waals surface area contributed by atoms with Gasteiger partial charge in [-0.2, -0.15) is 5.26 Å². The zero-order valence-corrected chi connectivity index (χ0v) is 16.2. The summed E-state index contributed by atoms with van der Waals surface area (Å²) in [7, 11) is 0. The van der Waals surface area contributed by atoms with Gasteiger partial charge in [0.2, 0.25) is 0 Å². The first-order chi connectivity index (χ1) is 13.0. The van der Waals surface area contributed by atoms with Crippen LogP contribution in [-0.4, -0.2) is 29.9 Å². The summed E-state index contributed by atoms with van der Waals surface area (Å²) in [5, 5.41) is 9.41. The number of nitriles is 1. The summed E-state index contributed by atoms with van der Waals surface area (Å²) >= 11 is 0. The monoisotopic (exact) mass is 366 g/mol. The minimum atomic E-state index is -0.486. The molecular weight excluding hydrogens is 340 g/mol. The quantitative estimate of drug-likeness (QED) is 0.392. The molecule has 2 amide bonds. The van der Waals surface area contributed by atoms with E-state index in [1.54, 1.807) is 13.0 Å². The van der Waals surface area contributed by atoms with Crippen molar-refractivity contribution >= 4 is 17.9 Å². The van der Waals surface area contributed by atoms with Gasteiger partial charge in [-0.25, -0.2) is 0 Å². The van der Waals surface area contributed by atoms with Crippen molar-refractivity contribution in [1.82, 2.24) is 4.90 Å². The van der Waals surface area contributed by atoms with Gasteiger partial charge < -0.3 is 4.74 Å². The number of carbonyl (C=O) groups excluding carboxylic acids is 2. The Balaban J connectivity index is 2.32. The summed E-state index contributed by atoms with van der Waals surface area (Å²) in [5.74, 6) is -0.0606. The Labute approximate surface area is 160 Å². The summed E-state index contributed by atoms with van der Waals surface area (Å²) in [4.78, 5) is 26.7. The molecule has 1 aromatic carbocycles. The number of benzene rings is 1. The van der Waals surface area contributed by atoms with Crippen LogP contribution in [-0.2, 0) is 9.59 Å². The average Bonchev–Trinajstić information content (AvgIpc) is 2.66. The van der Waals surface area contributed by atoms with Crippen LogP contribution in [0.25, 0.3) is 6.08 Å². The molecule has 1 heterocycles. The van der Waals surface area contributed by atoms with E-state index in [1.165, 1.54) is 4.90 Å². The first-order valence-electron chi connectivity index (χ1n) is 9.45. The molecule has 5 heteroatoms. The van der Waals surface area contributed by atoms with Gasteiger partial charge >= 0.3 is 0 Å². The van der Waals surface area contributed by atoms with Gasteiger partial charge in [0.05, 0.1) is 6.61 Å². The van der Waals surface area contributed by atoms with Gasteiger partial charge in [0.25, 0.3) is 11.8 Å². The van der Waals surface area contributed by atoms with Gasteiger partial charge in [0.15, 0.2) is 0 Å². The summed E-state index contributed by atoms with van der Waals surface area (Å²) < 4.78 is 5.43. The minimum Gasteiger partial charge on any atom is -0.494 e. The topological polar surface area (TPSA) is 70.4 Å². The first kappa shape index (κ1) is 20.4. The Hall–Kier alpha value is -2.87. The third-order valence-electron chi connectivity index (χ3n) is 4.56. The van der Waals surface area contributed by atoms with Crippen LogP contribution in [0.1, 0.15) is 52.0 Å². The van der Waals surface area contributed by atoms with Crippen molar-refractivity contribution in [2.45, 2.75) is 46.5 Å². The lowest BCUT2D eigenvalue weighted by Gasteiger charge is -2.27. The van der Waals surface area contributed by atoms with Crippen molar-refractivity contribution in [2.24, 2.45) is 0 Å². The molecule has 1 aliphatic rings. The van der Waals surface area contributed by atoms with Gasteiger partial charge in [-0.1, -0.05) is 38.3 Å². The number of unbranched alkanes of at least 4 members (excludes halogenated alkanes) is 3. The molecule has 27 heavy (non-hydrogen) atoms. The first-order valence-corrected chi connectivity index (χ1v) is 9.45. The third kappa shape index (κ3) is 4.85. The van der Waals surface area contributed by atoms with E-state index >= 15 is 0 Å². The maximum absolute atomic E-state index is 12.9. The second-order valence-electron chi connectivity index (χ2n) is 6.49. The molecule has 0 aromatic heterocycles. The fraction of sp³-hybridized carbons (Fsp3) is 0.409. The number of ether oxygens (including phenoxy) is 1. The number of carbonyl (C=O) groups is 2. The Kier molecular flexibility index (Phi) is 7.36. The number of hydrogen-bond acceptors (Lipinski definition) is 4. The summed E-state index contributed by atoms with van der Waals surface area (Å²) in [6.45, 7) is 6.61. The highest BCUT2D eigenvalue weighted by molar-refractivity contribution is 6.19. The van der Waals surface area contributed by atoms with Gasteiger partial charge in [-0.15, -0.1) is 0 Å². The molecule has 0 saturated carbocycles. The van der Waals surface area contributed by atoms with Crippen LogP contribution >= 0.6 is 0 Å². The smallest absolute Gasteiger partial charge is 0.271 e. The van der Waals surface area contributed by atoms with E-state index in [0.29, 0.717) is 24.3 Å². The van der Waals surface area contributed by atoms with E-state index in [0.717, 1.165) is 37.0 Å².